The lowest BCUT2D eigenvalue weighted by atomic mass is 9.98. The zero-order chi connectivity index (χ0) is 24.6. The second kappa shape index (κ2) is 8.35. The molecule has 0 aliphatic heterocycles. The van der Waals surface area contributed by atoms with Crippen molar-refractivity contribution in [2.24, 2.45) is 0 Å². The van der Waals surface area contributed by atoms with Crippen LogP contribution in [0.3, 0.4) is 0 Å². The number of hydrogen-bond donors (Lipinski definition) is 4. The molecule has 0 radical (unpaired) electrons. The van der Waals surface area contributed by atoms with Crippen LogP contribution >= 0.6 is 0 Å². The van der Waals surface area contributed by atoms with Crippen molar-refractivity contribution in [2.45, 2.75) is 0 Å². The van der Waals surface area contributed by atoms with Crippen LogP contribution in [0.25, 0.3) is 33.3 Å². The lowest BCUT2D eigenvalue weighted by Gasteiger charge is -2.11. The van der Waals surface area contributed by atoms with Crippen molar-refractivity contribution in [1.29, 1.82) is 0 Å². The van der Waals surface area contributed by atoms with Crippen molar-refractivity contribution < 1.29 is 39.6 Å². The molecule has 12 heteroatoms. The summed E-state index contributed by atoms with van der Waals surface area (Å²) in [6, 6.07) is 6.92. The van der Waals surface area contributed by atoms with Crippen LogP contribution in [-0.2, 0) is 0 Å². The maximum absolute atomic E-state index is 11.5. The number of carboxylic acids is 4. The summed E-state index contributed by atoms with van der Waals surface area (Å²) >= 11 is 0. The van der Waals surface area contributed by atoms with Gasteiger partial charge >= 0.3 is 23.9 Å². The third-order valence-electron chi connectivity index (χ3n) is 4.89. The molecule has 0 aliphatic carbocycles. The van der Waals surface area contributed by atoms with Gasteiger partial charge in [-0.05, 0) is 36.4 Å². The van der Waals surface area contributed by atoms with Crippen LogP contribution in [0.2, 0.25) is 0 Å². The number of fused-ring (bicyclic) bond motifs is 1. The van der Waals surface area contributed by atoms with Gasteiger partial charge in [-0.2, -0.15) is 10.2 Å². The van der Waals surface area contributed by atoms with Crippen LogP contribution in [0, 0.1) is 0 Å². The Kier molecular flexibility index (Phi) is 5.39. The van der Waals surface area contributed by atoms with E-state index in [2.05, 4.69) is 20.4 Å². The number of aromatic carboxylic acids is 4. The van der Waals surface area contributed by atoms with Crippen molar-refractivity contribution in [1.82, 2.24) is 20.4 Å². The third kappa shape index (κ3) is 3.98. The second-order valence-corrected chi connectivity index (χ2v) is 7.03. The molecule has 4 N–H and O–H groups in total. The molecule has 168 valence electrons. The van der Waals surface area contributed by atoms with Crippen molar-refractivity contribution in [3.05, 3.63) is 71.0 Å². The van der Waals surface area contributed by atoms with E-state index in [1.807, 2.05) is 0 Å². The summed E-state index contributed by atoms with van der Waals surface area (Å²) in [6.45, 7) is 0. The fourth-order valence-corrected chi connectivity index (χ4v) is 3.36. The highest BCUT2D eigenvalue weighted by molar-refractivity contribution is 6.04. The number of carbonyl (C=O) groups is 4. The first kappa shape index (κ1) is 22.0. The van der Waals surface area contributed by atoms with Crippen LogP contribution in [0.15, 0.2) is 48.8 Å². The fraction of sp³-hybridized carbons (Fsp3) is 0. The summed E-state index contributed by atoms with van der Waals surface area (Å²) in [6.07, 6.45) is 2.60. The second-order valence-electron chi connectivity index (χ2n) is 7.03. The Hall–Kier alpha value is -5.26. The zero-order valence-electron chi connectivity index (χ0n) is 16.8. The minimum atomic E-state index is -1.34. The van der Waals surface area contributed by atoms with Gasteiger partial charge in [-0.1, -0.05) is 0 Å². The smallest absolute Gasteiger partial charge is 0.335 e. The summed E-state index contributed by atoms with van der Waals surface area (Å²) in [7, 11) is 0. The molecule has 0 atom stereocenters. The summed E-state index contributed by atoms with van der Waals surface area (Å²) in [4.78, 5) is 46.0. The highest BCUT2D eigenvalue weighted by Gasteiger charge is 2.19. The first-order chi connectivity index (χ1) is 16.2. The van der Waals surface area contributed by atoms with E-state index in [-0.39, 0.29) is 44.8 Å². The van der Waals surface area contributed by atoms with E-state index in [1.54, 1.807) is 0 Å². The standard InChI is InChI=1S/C22H12N4O8/c27-19(28)11-1-9(2-12(5-11)20(29)30)17-15-7-23-24-8-16(15)18(26-25-17)10-3-13(21(31)32)6-14(4-10)22(33)34/h1-8H,(H,27,28)(H,29,30)(H,31,32)(H,33,34). The Labute approximate surface area is 188 Å². The highest BCUT2D eigenvalue weighted by Crippen LogP contribution is 2.33. The molecular formula is C22H12N4O8. The molecule has 2 aromatic heterocycles. The number of benzene rings is 2. The maximum Gasteiger partial charge on any atom is 0.335 e. The van der Waals surface area contributed by atoms with E-state index in [4.69, 9.17) is 0 Å². The lowest BCUT2D eigenvalue weighted by molar-refractivity contribution is 0.0676. The van der Waals surface area contributed by atoms with Crippen LogP contribution < -0.4 is 0 Å². The Morgan fingerprint density at radius 2 is 0.794 bits per heavy atom. The predicted octanol–water partition coefficient (Wildman–Crippen LogP) is 2.55. The average Bonchev–Trinajstić information content (AvgIpc) is 2.82. The van der Waals surface area contributed by atoms with Gasteiger partial charge in [-0.3, -0.25) is 0 Å². The van der Waals surface area contributed by atoms with Crippen LogP contribution in [0.4, 0.5) is 0 Å². The topological polar surface area (TPSA) is 201 Å². The number of rotatable bonds is 6. The molecule has 0 fully saturated rings. The number of aromatic nitrogens is 4. The van der Waals surface area contributed by atoms with Gasteiger partial charge in [0.25, 0.3) is 0 Å². The number of hydrogen-bond acceptors (Lipinski definition) is 8. The van der Waals surface area contributed by atoms with E-state index in [9.17, 15) is 39.6 Å². The van der Waals surface area contributed by atoms with Gasteiger partial charge in [-0.15, -0.1) is 10.2 Å². The SMILES string of the molecule is O=C(O)c1cc(C(=O)O)cc(-c2nnc(-c3cc(C(=O)O)cc(C(=O)O)c3)c3cnncc23)c1. The highest BCUT2D eigenvalue weighted by atomic mass is 16.4. The van der Waals surface area contributed by atoms with Crippen LogP contribution in [0.1, 0.15) is 41.4 Å². The molecular weight excluding hydrogens is 448 g/mol. The first-order valence-corrected chi connectivity index (χ1v) is 9.37. The molecule has 12 nitrogen and oxygen atoms in total. The summed E-state index contributed by atoms with van der Waals surface area (Å²) in [5.74, 6) is -5.37. The summed E-state index contributed by atoms with van der Waals surface area (Å²) in [5.41, 5.74) is -0.640. The van der Waals surface area contributed by atoms with Gasteiger partial charge < -0.3 is 20.4 Å². The largest absolute Gasteiger partial charge is 0.478 e. The van der Waals surface area contributed by atoms with Crippen molar-refractivity contribution in [3.8, 4) is 22.5 Å². The molecule has 0 aliphatic rings. The van der Waals surface area contributed by atoms with Gasteiger partial charge in [0.05, 0.1) is 34.6 Å². The van der Waals surface area contributed by atoms with Gasteiger partial charge in [0.1, 0.15) is 11.4 Å². The molecule has 4 rings (SSSR count). The van der Waals surface area contributed by atoms with Crippen LogP contribution in [0.5, 0.6) is 0 Å². The molecule has 4 aromatic rings. The van der Waals surface area contributed by atoms with Gasteiger partial charge in [-0.25, -0.2) is 19.2 Å². The van der Waals surface area contributed by atoms with Gasteiger partial charge in [0.15, 0.2) is 0 Å². The molecule has 0 unspecified atom stereocenters. The zero-order valence-corrected chi connectivity index (χ0v) is 16.8. The molecule has 0 saturated carbocycles. The monoisotopic (exact) mass is 460 g/mol. The van der Waals surface area contributed by atoms with E-state index >= 15 is 0 Å². The molecule has 0 bridgehead atoms. The van der Waals surface area contributed by atoms with E-state index < -0.39 is 23.9 Å². The number of carboxylic acid groups (broad SMARTS) is 4. The number of nitrogens with zero attached hydrogens (tertiary/aromatic N) is 4. The summed E-state index contributed by atoms with van der Waals surface area (Å²) in [5, 5.41) is 53.9. The molecule has 0 saturated heterocycles. The van der Waals surface area contributed by atoms with Crippen molar-refractivity contribution in [3.63, 3.8) is 0 Å². The molecule has 2 heterocycles. The quantitative estimate of drug-likeness (QED) is 0.328. The van der Waals surface area contributed by atoms with Gasteiger partial charge in [0, 0.05) is 21.9 Å². The van der Waals surface area contributed by atoms with E-state index in [0.29, 0.717) is 10.8 Å². The Balaban J connectivity index is 2.00. The van der Waals surface area contributed by atoms with Gasteiger partial charge in [0.2, 0.25) is 0 Å². The molecule has 0 spiro atoms. The maximum atomic E-state index is 11.5. The summed E-state index contributed by atoms with van der Waals surface area (Å²) < 4.78 is 0. The van der Waals surface area contributed by atoms with Crippen molar-refractivity contribution >= 4 is 34.6 Å². The van der Waals surface area contributed by atoms with E-state index in [1.165, 1.54) is 36.7 Å². The lowest BCUT2D eigenvalue weighted by Crippen LogP contribution is -2.05. The molecule has 2 aromatic carbocycles. The Morgan fingerprint density at radius 3 is 1.06 bits per heavy atom. The fourth-order valence-electron chi connectivity index (χ4n) is 3.36. The van der Waals surface area contributed by atoms with Crippen LogP contribution in [-0.4, -0.2) is 64.7 Å². The van der Waals surface area contributed by atoms with Crippen molar-refractivity contribution in [2.75, 3.05) is 0 Å². The average molecular weight is 460 g/mol. The third-order valence-corrected chi connectivity index (χ3v) is 4.89. The minimum Gasteiger partial charge on any atom is -0.478 e. The Bertz CT molecular complexity index is 1350. The first-order valence-electron chi connectivity index (χ1n) is 9.37. The Morgan fingerprint density at radius 1 is 0.500 bits per heavy atom. The normalized spacial score (nSPS) is 10.7. The minimum absolute atomic E-state index is 0.104. The predicted molar refractivity (Wildman–Crippen MR) is 114 cm³/mol. The van der Waals surface area contributed by atoms with E-state index in [0.717, 1.165) is 12.1 Å². The molecule has 34 heavy (non-hydrogen) atoms. The molecule has 0 amide bonds.